The Morgan fingerprint density at radius 2 is 0.833 bits per heavy atom. The lowest BCUT2D eigenvalue weighted by atomic mass is 10.3. The molecule has 3 aromatic heterocycles. The summed E-state index contributed by atoms with van der Waals surface area (Å²) in [6.45, 7) is 0. The Bertz CT molecular complexity index is 1720. The monoisotopic (exact) mass is 591 g/mol. The SMILES string of the molecule is Cl.Cn1c(=N[P+](Cl)(N=c2sc3ccccc3n2C)N=c2sc3ccccc3n2C)sc2ccccc21. The lowest BCUT2D eigenvalue weighted by Crippen LogP contribution is -2.14. The molecule has 0 atom stereocenters. The summed E-state index contributed by atoms with van der Waals surface area (Å²) in [4.78, 5) is 2.40. The number of benzene rings is 3. The van der Waals surface area contributed by atoms with Gasteiger partial charge in [0, 0.05) is 21.1 Å². The second-order valence-electron chi connectivity index (χ2n) is 8.03. The first-order valence-electron chi connectivity index (χ1n) is 10.8. The lowest BCUT2D eigenvalue weighted by Gasteiger charge is -2.00. The summed E-state index contributed by atoms with van der Waals surface area (Å²) in [6.07, 6.45) is 0. The number of thiazole rings is 3. The molecule has 0 saturated heterocycles. The van der Waals surface area contributed by atoms with Crippen molar-refractivity contribution >= 4 is 95.4 Å². The molecule has 0 saturated carbocycles. The topological polar surface area (TPSA) is 51.9 Å². The van der Waals surface area contributed by atoms with Crippen LogP contribution in [0.2, 0.25) is 0 Å². The summed E-state index contributed by atoms with van der Waals surface area (Å²) in [5, 5.41) is 0. The zero-order valence-corrected chi connectivity index (χ0v) is 24.5. The zero-order valence-electron chi connectivity index (χ0n) is 19.6. The van der Waals surface area contributed by atoms with Crippen LogP contribution < -0.4 is 14.4 Å². The van der Waals surface area contributed by atoms with Crippen LogP contribution in [0, 0.1) is 0 Å². The van der Waals surface area contributed by atoms with Gasteiger partial charge in [0.2, 0.25) is 14.4 Å². The molecule has 184 valence electrons. The van der Waals surface area contributed by atoms with E-state index in [4.69, 9.17) is 25.5 Å². The summed E-state index contributed by atoms with van der Waals surface area (Å²) in [6, 6.07) is 24.8. The van der Waals surface area contributed by atoms with Gasteiger partial charge in [0.15, 0.2) is 11.2 Å². The van der Waals surface area contributed by atoms with Gasteiger partial charge in [0.25, 0.3) is 0 Å². The molecule has 0 fully saturated rings. The molecule has 0 radical (unpaired) electrons. The smallest absolute Gasteiger partial charge is 0.317 e. The molecular weight excluding hydrogens is 570 g/mol. The number of fused-ring (bicyclic) bond motifs is 3. The molecule has 0 spiro atoms. The van der Waals surface area contributed by atoms with Crippen LogP contribution in [0.25, 0.3) is 30.6 Å². The summed E-state index contributed by atoms with van der Waals surface area (Å²) >= 11 is 12.1. The Labute approximate surface area is 230 Å². The fraction of sp³-hybridized carbons (Fsp3) is 0.125. The molecule has 0 unspecified atom stereocenters. The van der Waals surface area contributed by atoms with Gasteiger partial charge in [-0.15, -0.1) is 12.4 Å². The number of halogens is 2. The van der Waals surface area contributed by atoms with E-state index in [2.05, 4.69) is 50.1 Å². The van der Waals surface area contributed by atoms with Crippen molar-refractivity contribution in [2.24, 2.45) is 35.4 Å². The Kier molecular flexibility index (Phi) is 6.98. The van der Waals surface area contributed by atoms with Crippen molar-refractivity contribution in [3.05, 3.63) is 87.2 Å². The van der Waals surface area contributed by atoms with E-state index < -0.39 is 7.07 Å². The number of hydrogen-bond acceptors (Lipinski definition) is 6. The first-order valence-corrected chi connectivity index (χ1v) is 15.8. The summed E-state index contributed by atoms with van der Waals surface area (Å²) in [7, 11) is 2.97. The van der Waals surface area contributed by atoms with Crippen molar-refractivity contribution in [2.75, 3.05) is 0 Å². The number of para-hydroxylation sites is 3. The maximum Gasteiger partial charge on any atom is 0.476 e. The molecule has 0 bridgehead atoms. The largest absolute Gasteiger partial charge is 0.476 e. The van der Waals surface area contributed by atoms with Crippen molar-refractivity contribution in [2.45, 2.75) is 0 Å². The Hall–Kier alpha value is -2.26. The first-order chi connectivity index (χ1) is 16.9. The molecule has 6 aromatic rings. The number of hydrogen-bond donors (Lipinski definition) is 0. The van der Waals surface area contributed by atoms with Crippen molar-refractivity contribution in [1.29, 1.82) is 0 Å². The molecule has 0 aliphatic rings. The van der Waals surface area contributed by atoms with E-state index in [1.165, 1.54) is 0 Å². The lowest BCUT2D eigenvalue weighted by molar-refractivity contribution is 0.905. The predicted octanol–water partition coefficient (Wildman–Crippen LogP) is 6.79. The Morgan fingerprint density at radius 3 is 1.11 bits per heavy atom. The fourth-order valence-electron chi connectivity index (χ4n) is 3.93. The van der Waals surface area contributed by atoms with E-state index >= 15 is 0 Å². The highest BCUT2D eigenvalue weighted by Crippen LogP contribution is 2.67. The second-order valence-corrected chi connectivity index (χ2v) is 14.0. The Balaban J connectivity index is 0.00000267. The van der Waals surface area contributed by atoms with Crippen LogP contribution in [0.15, 0.2) is 87.1 Å². The molecule has 0 aliphatic carbocycles. The van der Waals surface area contributed by atoms with Crippen molar-refractivity contribution in [1.82, 2.24) is 13.7 Å². The molecule has 12 heteroatoms. The summed E-state index contributed by atoms with van der Waals surface area (Å²) in [5.41, 5.74) is 3.33. The van der Waals surface area contributed by atoms with Gasteiger partial charge in [-0.25, -0.2) is 0 Å². The summed E-state index contributed by atoms with van der Waals surface area (Å²) < 4.78 is 24.8. The van der Waals surface area contributed by atoms with Gasteiger partial charge in [0.1, 0.15) is 0 Å². The molecule has 0 N–H and O–H groups in total. The van der Waals surface area contributed by atoms with Crippen LogP contribution in [0.5, 0.6) is 0 Å². The molecule has 6 nitrogen and oxygen atoms in total. The first kappa shape index (κ1) is 25.4. The molecule has 3 aromatic carbocycles. The predicted molar refractivity (Wildman–Crippen MR) is 159 cm³/mol. The standard InChI is InChI=1S/C24H21ClN6PS3.ClH/c1-29-16-10-4-7-13-19(16)33-22(29)26-32(25,27-23-30(2)17-11-5-8-14-20(17)34-23)28-24-31(3)18-12-6-9-15-21(18)35-24;/h4-15H,1-3H3;1H/q+1;. The third-order valence-corrected chi connectivity index (χ3v) is 11.5. The zero-order chi connectivity index (χ0) is 24.2. The average Bonchev–Trinajstić information content (AvgIpc) is 3.46. The van der Waals surface area contributed by atoms with E-state index in [0.29, 0.717) is 0 Å². The van der Waals surface area contributed by atoms with E-state index in [0.717, 1.165) is 45.1 Å². The van der Waals surface area contributed by atoms with Crippen LogP contribution in [0.1, 0.15) is 0 Å². The van der Waals surface area contributed by atoms with Gasteiger partial charge >= 0.3 is 7.07 Å². The highest BCUT2D eigenvalue weighted by Gasteiger charge is 2.39. The average molecular weight is 593 g/mol. The molecule has 36 heavy (non-hydrogen) atoms. The maximum absolute atomic E-state index is 7.33. The van der Waals surface area contributed by atoms with Crippen molar-refractivity contribution < 1.29 is 0 Å². The van der Waals surface area contributed by atoms with Crippen LogP contribution in [0.4, 0.5) is 0 Å². The van der Waals surface area contributed by atoms with Crippen molar-refractivity contribution in [3.63, 3.8) is 0 Å². The van der Waals surface area contributed by atoms with Crippen LogP contribution >= 0.6 is 64.7 Å². The summed E-state index contributed by atoms with van der Waals surface area (Å²) in [5.74, 6) is 0. The van der Waals surface area contributed by atoms with Crippen LogP contribution in [-0.2, 0) is 21.1 Å². The van der Waals surface area contributed by atoms with Gasteiger partial charge in [-0.2, -0.15) is 0 Å². The van der Waals surface area contributed by atoms with E-state index in [1.54, 1.807) is 34.0 Å². The van der Waals surface area contributed by atoms with Crippen molar-refractivity contribution in [3.8, 4) is 0 Å². The number of nitrogens with zero attached hydrogens (tertiary/aromatic N) is 6. The van der Waals surface area contributed by atoms with Crippen LogP contribution in [-0.4, -0.2) is 13.7 Å². The normalized spacial score (nSPS) is 15.2. The number of aromatic nitrogens is 3. The molecule has 0 aliphatic heterocycles. The molecular formula is C24H22Cl2N6PS3+. The molecule has 6 rings (SSSR count). The third kappa shape index (κ3) is 4.49. The molecule has 3 heterocycles. The highest BCUT2D eigenvalue weighted by molar-refractivity contribution is 7.95. The second kappa shape index (κ2) is 9.89. The van der Waals surface area contributed by atoms with E-state index in [9.17, 15) is 0 Å². The minimum atomic E-state index is -3.07. The van der Waals surface area contributed by atoms with Gasteiger partial charge in [-0.3, -0.25) is 0 Å². The Morgan fingerprint density at radius 1 is 0.556 bits per heavy atom. The van der Waals surface area contributed by atoms with Gasteiger partial charge in [-0.05, 0) is 50.7 Å². The minimum absolute atomic E-state index is 0. The van der Waals surface area contributed by atoms with E-state index in [1.807, 2.05) is 57.5 Å². The molecule has 0 amide bonds. The minimum Gasteiger partial charge on any atom is -0.317 e. The van der Waals surface area contributed by atoms with Gasteiger partial charge in [0.05, 0.1) is 30.6 Å². The number of aryl methyl sites for hydroxylation is 3. The highest BCUT2D eigenvalue weighted by atomic mass is 35.7. The van der Waals surface area contributed by atoms with Crippen LogP contribution in [0.3, 0.4) is 0 Å². The quantitative estimate of drug-likeness (QED) is 0.204. The maximum atomic E-state index is 7.33. The van der Waals surface area contributed by atoms with Gasteiger partial charge in [-0.1, -0.05) is 70.4 Å². The third-order valence-electron chi connectivity index (χ3n) is 5.78. The number of rotatable bonds is 3. The fourth-order valence-corrected chi connectivity index (χ4v) is 10.3. The van der Waals surface area contributed by atoms with E-state index in [-0.39, 0.29) is 12.4 Å². The van der Waals surface area contributed by atoms with Gasteiger partial charge < -0.3 is 13.7 Å².